The third-order valence-corrected chi connectivity index (χ3v) is 5.37. The van der Waals surface area contributed by atoms with E-state index in [1.807, 2.05) is 56.3 Å². The summed E-state index contributed by atoms with van der Waals surface area (Å²) in [6.07, 6.45) is 0. The van der Waals surface area contributed by atoms with Gasteiger partial charge >= 0.3 is 0 Å². The zero-order valence-electron chi connectivity index (χ0n) is 16.0. The van der Waals surface area contributed by atoms with Crippen molar-refractivity contribution in [1.82, 2.24) is 9.88 Å². The monoisotopic (exact) mass is 439 g/mol. The summed E-state index contributed by atoms with van der Waals surface area (Å²) in [5, 5.41) is 1.25. The molecule has 8 heteroatoms. The Morgan fingerprint density at radius 1 is 1.14 bits per heavy atom. The number of thiazole rings is 1. The van der Waals surface area contributed by atoms with Crippen LogP contribution in [0.3, 0.4) is 0 Å². The molecule has 3 aromatic rings. The Morgan fingerprint density at radius 2 is 1.86 bits per heavy atom. The van der Waals surface area contributed by atoms with Crippen LogP contribution >= 0.6 is 35.3 Å². The van der Waals surface area contributed by atoms with Crippen molar-refractivity contribution in [3.05, 3.63) is 53.1 Å². The molecule has 0 unspecified atom stereocenters. The predicted octanol–water partition coefficient (Wildman–Crippen LogP) is 4.98. The first kappa shape index (κ1) is 22.4. The molecule has 0 spiro atoms. The van der Waals surface area contributed by atoms with Crippen LogP contribution in [0.4, 0.5) is 5.13 Å². The fourth-order valence-electron chi connectivity index (χ4n) is 2.62. The maximum atomic E-state index is 13.2. The summed E-state index contributed by atoms with van der Waals surface area (Å²) in [6, 6.07) is 12.9. The van der Waals surface area contributed by atoms with Crippen molar-refractivity contribution < 1.29 is 9.53 Å². The molecule has 0 aliphatic carbocycles. The van der Waals surface area contributed by atoms with Crippen LogP contribution in [0.5, 0.6) is 5.75 Å². The molecule has 0 saturated carbocycles. The Morgan fingerprint density at radius 3 is 2.46 bits per heavy atom. The van der Waals surface area contributed by atoms with Gasteiger partial charge in [-0.15, -0.1) is 12.4 Å². The van der Waals surface area contributed by atoms with E-state index in [4.69, 9.17) is 16.3 Å². The van der Waals surface area contributed by atoms with Crippen molar-refractivity contribution >= 4 is 56.6 Å². The topological polar surface area (TPSA) is 45.7 Å². The minimum absolute atomic E-state index is 0. The maximum Gasteiger partial charge on any atom is 0.260 e. The fourth-order valence-corrected chi connectivity index (χ4v) is 3.91. The third kappa shape index (κ3) is 5.14. The summed E-state index contributed by atoms with van der Waals surface area (Å²) in [6.45, 7) is 3.79. The number of carbonyl (C=O) groups excluding carboxylic acids is 1. The minimum Gasteiger partial charge on any atom is -0.494 e. The summed E-state index contributed by atoms with van der Waals surface area (Å²) in [5.41, 5.74) is 1.33. The number of halogens is 2. The van der Waals surface area contributed by atoms with Crippen LogP contribution in [0.25, 0.3) is 10.2 Å². The number of hydrogen-bond acceptors (Lipinski definition) is 5. The Kier molecular flexibility index (Phi) is 8.07. The van der Waals surface area contributed by atoms with Crippen molar-refractivity contribution in [3.8, 4) is 5.75 Å². The van der Waals surface area contributed by atoms with Crippen molar-refractivity contribution in [2.75, 3.05) is 38.7 Å². The number of rotatable bonds is 7. The van der Waals surface area contributed by atoms with Crippen molar-refractivity contribution in [3.63, 3.8) is 0 Å². The molecule has 0 N–H and O–H groups in total. The predicted molar refractivity (Wildman–Crippen MR) is 120 cm³/mol. The lowest BCUT2D eigenvalue weighted by atomic mass is 10.2. The molecule has 1 aromatic heterocycles. The van der Waals surface area contributed by atoms with Crippen molar-refractivity contribution in [2.45, 2.75) is 6.92 Å². The van der Waals surface area contributed by atoms with E-state index in [0.29, 0.717) is 28.9 Å². The second-order valence-electron chi connectivity index (χ2n) is 6.30. The van der Waals surface area contributed by atoms with Gasteiger partial charge in [-0.25, -0.2) is 4.98 Å². The second-order valence-corrected chi connectivity index (χ2v) is 7.72. The van der Waals surface area contributed by atoms with Gasteiger partial charge in [0.25, 0.3) is 5.91 Å². The molecule has 0 radical (unpaired) electrons. The van der Waals surface area contributed by atoms with E-state index in [2.05, 4.69) is 4.98 Å². The van der Waals surface area contributed by atoms with Crippen molar-refractivity contribution in [1.29, 1.82) is 0 Å². The highest BCUT2D eigenvalue weighted by Gasteiger charge is 2.22. The Bertz CT molecular complexity index is 929. The van der Waals surface area contributed by atoms with Gasteiger partial charge in [-0.1, -0.05) is 29.0 Å². The number of ether oxygens (including phenoxy) is 1. The first-order valence-electron chi connectivity index (χ1n) is 8.74. The number of carbonyl (C=O) groups is 1. The average molecular weight is 440 g/mol. The Hall–Kier alpha value is -1.86. The molecule has 0 aliphatic rings. The number of anilines is 1. The molecule has 1 heterocycles. The van der Waals surface area contributed by atoms with Crippen molar-refractivity contribution in [2.24, 2.45) is 0 Å². The van der Waals surface area contributed by atoms with Gasteiger partial charge in [0.05, 0.1) is 16.3 Å². The zero-order chi connectivity index (χ0) is 19.4. The number of fused-ring (bicyclic) bond motifs is 1. The average Bonchev–Trinajstić information content (AvgIpc) is 3.08. The van der Waals surface area contributed by atoms with Gasteiger partial charge in [0.1, 0.15) is 11.3 Å². The van der Waals surface area contributed by atoms with Gasteiger partial charge in [-0.05, 0) is 57.4 Å². The summed E-state index contributed by atoms with van der Waals surface area (Å²) >= 11 is 7.74. The molecule has 3 rings (SSSR count). The summed E-state index contributed by atoms with van der Waals surface area (Å²) in [5.74, 6) is 0.663. The first-order valence-corrected chi connectivity index (χ1v) is 9.93. The molecule has 2 aromatic carbocycles. The summed E-state index contributed by atoms with van der Waals surface area (Å²) in [4.78, 5) is 21.6. The molecular weight excluding hydrogens is 417 g/mol. The van der Waals surface area contributed by atoms with E-state index in [-0.39, 0.29) is 18.3 Å². The number of nitrogens with zero attached hydrogens (tertiary/aromatic N) is 3. The number of aromatic nitrogens is 1. The smallest absolute Gasteiger partial charge is 0.260 e. The molecule has 28 heavy (non-hydrogen) atoms. The number of para-hydroxylation sites is 1. The summed E-state index contributed by atoms with van der Waals surface area (Å²) in [7, 11) is 3.96. The van der Waals surface area contributed by atoms with Crippen LogP contribution in [0.15, 0.2) is 42.5 Å². The van der Waals surface area contributed by atoms with Gasteiger partial charge in [-0.2, -0.15) is 0 Å². The number of amides is 1. The Labute approximate surface area is 180 Å². The molecule has 1 amide bonds. The Balaban J connectivity index is 0.00000280. The van der Waals surface area contributed by atoms with E-state index in [0.717, 1.165) is 22.5 Å². The number of benzene rings is 2. The number of hydrogen-bond donors (Lipinski definition) is 0. The third-order valence-electron chi connectivity index (χ3n) is 4.02. The molecular formula is C20H23Cl2N3O2S. The summed E-state index contributed by atoms with van der Waals surface area (Å²) < 4.78 is 6.43. The lowest BCUT2D eigenvalue weighted by Gasteiger charge is -2.22. The maximum absolute atomic E-state index is 13.2. The van der Waals surface area contributed by atoms with E-state index in [9.17, 15) is 4.79 Å². The van der Waals surface area contributed by atoms with E-state index < -0.39 is 0 Å². The molecule has 150 valence electrons. The van der Waals surface area contributed by atoms with Crippen LogP contribution in [-0.2, 0) is 0 Å². The van der Waals surface area contributed by atoms with Crippen LogP contribution in [0.2, 0.25) is 5.02 Å². The normalized spacial score (nSPS) is 10.8. The van der Waals surface area contributed by atoms with Crippen LogP contribution in [0.1, 0.15) is 17.3 Å². The highest BCUT2D eigenvalue weighted by atomic mass is 35.5. The molecule has 5 nitrogen and oxygen atoms in total. The highest BCUT2D eigenvalue weighted by molar-refractivity contribution is 7.22. The van der Waals surface area contributed by atoms with Crippen LogP contribution in [-0.4, -0.2) is 49.6 Å². The minimum atomic E-state index is -0.0879. The molecule has 0 atom stereocenters. The quantitative estimate of drug-likeness (QED) is 0.520. The molecule has 0 bridgehead atoms. The van der Waals surface area contributed by atoms with Crippen LogP contribution < -0.4 is 9.64 Å². The lowest BCUT2D eigenvalue weighted by molar-refractivity contribution is 0.0985. The fraction of sp³-hybridized carbons (Fsp3) is 0.300. The second kappa shape index (κ2) is 10.1. The van der Waals surface area contributed by atoms with E-state index in [1.54, 1.807) is 17.0 Å². The van der Waals surface area contributed by atoms with Gasteiger partial charge in [-0.3, -0.25) is 9.69 Å². The van der Waals surface area contributed by atoms with Gasteiger partial charge in [0.15, 0.2) is 5.13 Å². The van der Waals surface area contributed by atoms with E-state index in [1.165, 1.54) is 11.3 Å². The van der Waals surface area contributed by atoms with Gasteiger partial charge in [0.2, 0.25) is 0 Å². The van der Waals surface area contributed by atoms with Gasteiger partial charge < -0.3 is 9.64 Å². The largest absolute Gasteiger partial charge is 0.494 e. The molecule has 0 saturated heterocycles. The SMILES string of the molecule is CCOc1ccc(C(=O)N(CCN(C)C)c2nc3c(Cl)cccc3s2)cc1.Cl. The van der Waals surface area contributed by atoms with Crippen LogP contribution in [0, 0.1) is 0 Å². The van der Waals surface area contributed by atoms with Gasteiger partial charge in [0, 0.05) is 18.7 Å². The first-order chi connectivity index (χ1) is 13.0. The zero-order valence-corrected chi connectivity index (χ0v) is 18.4. The number of likely N-dealkylation sites (N-methyl/N-ethyl adjacent to an activating group) is 1. The standard InChI is InChI=1S/C20H22ClN3O2S.ClH/c1-4-26-15-10-8-14(9-11-15)19(25)24(13-12-23(2)3)20-22-18-16(21)6-5-7-17(18)27-20;/h5-11H,4,12-13H2,1-3H3;1H. The van der Waals surface area contributed by atoms with E-state index >= 15 is 0 Å². The molecule has 0 fully saturated rings. The lowest BCUT2D eigenvalue weighted by Crippen LogP contribution is -2.36. The highest BCUT2D eigenvalue weighted by Crippen LogP contribution is 2.33. The molecule has 0 aliphatic heterocycles.